The van der Waals surface area contributed by atoms with Gasteiger partial charge in [0.2, 0.25) is 15.9 Å². The van der Waals surface area contributed by atoms with Crippen molar-refractivity contribution >= 4 is 33.3 Å². The highest BCUT2D eigenvalue weighted by atomic mass is 32.2. The van der Waals surface area contributed by atoms with Crippen molar-refractivity contribution in [1.82, 2.24) is 4.31 Å². The average molecular weight is 436 g/mol. The number of sulfonamides is 1. The van der Waals surface area contributed by atoms with E-state index in [2.05, 4.69) is 15.4 Å². The van der Waals surface area contributed by atoms with Crippen LogP contribution in [-0.4, -0.2) is 59.5 Å². The van der Waals surface area contributed by atoms with E-state index in [1.807, 2.05) is 0 Å². The maximum absolute atomic E-state index is 12.4. The summed E-state index contributed by atoms with van der Waals surface area (Å²) >= 11 is 0. The Morgan fingerprint density at radius 3 is 2.30 bits per heavy atom. The molecular weight excluding hydrogens is 410 g/mol. The van der Waals surface area contributed by atoms with Crippen LogP contribution in [0.15, 0.2) is 41.3 Å². The van der Waals surface area contributed by atoms with Crippen molar-refractivity contribution in [1.29, 1.82) is 0 Å². The van der Waals surface area contributed by atoms with Gasteiger partial charge in [0.1, 0.15) is 5.75 Å². The van der Waals surface area contributed by atoms with E-state index < -0.39 is 21.9 Å². The number of benzene rings is 2. The van der Waals surface area contributed by atoms with Gasteiger partial charge in [0.05, 0.1) is 36.9 Å². The molecule has 0 atom stereocenters. The van der Waals surface area contributed by atoms with Gasteiger partial charge in [-0.15, -0.1) is 0 Å². The zero-order valence-electron chi connectivity index (χ0n) is 17.5. The largest absolute Gasteiger partial charge is 0.495 e. The molecule has 9 nitrogen and oxygen atoms in total. The van der Waals surface area contributed by atoms with Gasteiger partial charge >= 0.3 is 5.97 Å². The predicted molar refractivity (Wildman–Crippen MR) is 114 cm³/mol. The molecule has 0 bridgehead atoms. The van der Waals surface area contributed by atoms with Gasteiger partial charge < -0.3 is 20.1 Å². The highest BCUT2D eigenvalue weighted by Crippen LogP contribution is 2.28. The number of rotatable bonds is 8. The van der Waals surface area contributed by atoms with Crippen LogP contribution in [0.3, 0.4) is 0 Å². The third-order valence-electron chi connectivity index (χ3n) is 4.31. The highest BCUT2D eigenvalue weighted by molar-refractivity contribution is 7.89. The van der Waals surface area contributed by atoms with Gasteiger partial charge in [0.15, 0.2) is 0 Å². The van der Waals surface area contributed by atoms with Crippen molar-refractivity contribution in [3.63, 3.8) is 0 Å². The van der Waals surface area contributed by atoms with E-state index in [0.29, 0.717) is 17.0 Å². The van der Waals surface area contributed by atoms with Gasteiger partial charge in [-0.1, -0.05) is 0 Å². The molecule has 2 rings (SSSR count). The molecular formula is C20H25N3O6S. The summed E-state index contributed by atoms with van der Waals surface area (Å²) in [5.41, 5.74) is 2.09. The molecule has 0 saturated carbocycles. The molecule has 0 aliphatic heterocycles. The van der Waals surface area contributed by atoms with Crippen molar-refractivity contribution in [2.24, 2.45) is 0 Å². The van der Waals surface area contributed by atoms with E-state index in [1.54, 1.807) is 25.1 Å². The van der Waals surface area contributed by atoms with Gasteiger partial charge in [0, 0.05) is 19.8 Å². The van der Waals surface area contributed by atoms with Crippen LogP contribution in [0.2, 0.25) is 0 Å². The molecule has 2 aromatic rings. The normalized spacial score (nSPS) is 11.1. The SMILES string of the molecule is COC(=O)c1ccc(NCC(=O)Nc2cc(S(=O)(=O)N(C)C)ccc2OC)c(C)c1. The number of amides is 1. The molecule has 2 N–H and O–H groups in total. The minimum Gasteiger partial charge on any atom is -0.495 e. The number of esters is 1. The number of carbonyl (C=O) groups excluding carboxylic acids is 2. The van der Waals surface area contributed by atoms with Crippen LogP contribution in [-0.2, 0) is 19.6 Å². The minimum absolute atomic E-state index is 0.0332. The lowest BCUT2D eigenvalue weighted by molar-refractivity contribution is -0.114. The zero-order valence-corrected chi connectivity index (χ0v) is 18.3. The van der Waals surface area contributed by atoms with E-state index >= 15 is 0 Å². The molecule has 0 aliphatic rings. The fourth-order valence-electron chi connectivity index (χ4n) is 2.63. The first-order chi connectivity index (χ1) is 14.1. The number of hydrogen-bond acceptors (Lipinski definition) is 7. The topological polar surface area (TPSA) is 114 Å². The van der Waals surface area contributed by atoms with Crippen LogP contribution in [0, 0.1) is 6.92 Å². The lowest BCUT2D eigenvalue weighted by Crippen LogP contribution is -2.24. The standard InChI is InChI=1S/C20H25N3O6S/c1-13-10-14(20(25)29-5)6-8-16(13)21-12-19(24)22-17-11-15(7-9-18(17)28-4)30(26,27)23(2)3/h6-11,21H,12H2,1-5H3,(H,22,24). The lowest BCUT2D eigenvalue weighted by Gasteiger charge is -2.16. The summed E-state index contributed by atoms with van der Waals surface area (Å²) in [7, 11) is 1.92. The fraction of sp³-hybridized carbons (Fsp3) is 0.300. The maximum atomic E-state index is 12.4. The zero-order chi connectivity index (χ0) is 22.5. The quantitative estimate of drug-likeness (QED) is 0.610. The van der Waals surface area contributed by atoms with Crippen LogP contribution < -0.4 is 15.4 Å². The number of nitrogens with zero attached hydrogens (tertiary/aromatic N) is 1. The number of aryl methyl sites for hydroxylation is 1. The van der Waals surface area contributed by atoms with E-state index in [0.717, 1.165) is 9.87 Å². The average Bonchev–Trinajstić information content (AvgIpc) is 2.71. The summed E-state index contributed by atoms with van der Waals surface area (Å²) in [5, 5.41) is 5.64. The fourth-order valence-corrected chi connectivity index (χ4v) is 3.56. The Morgan fingerprint density at radius 1 is 1.03 bits per heavy atom. The van der Waals surface area contributed by atoms with Crippen molar-refractivity contribution in [3.05, 3.63) is 47.5 Å². The second-order valence-electron chi connectivity index (χ2n) is 6.57. The Hall–Kier alpha value is -3.11. The third kappa shape index (κ3) is 5.28. The Kier molecular flexibility index (Phi) is 7.41. The van der Waals surface area contributed by atoms with Crippen LogP contribution in [0.25, 0.3) is 0 Å². The summed E-state index contributed by atoms with van der Waals surface area (Å²) in [6, 6.07) is 9.17. The molecule has 0 aliphatic carbocycles. The summed E-state index contributed by atoms with van der Waals surface area (Å²) in [6.07, 6.45) is 0. The summed E-state index contributed by atoms with van der Waals surface area (Å²) in [5.74, 6) is -0.508. The monoisotopic (exact) mass is 435 g/mol. The summed E-state index contributed by atoms with van der Waals surface area (Å²) < 4.78 is 35.7. The molecule has 1 amide bonds. The first kappa shape index (κ1) is 23.2. The van der Waals surface area contributed by atoms with Gasteiger partial charge in [-0.05, 0) is 48.9 Å². The Bertz CT molecular complexity index is 1050. The molecule has 10 heteroatoms. The predicted octanol–water partition coefficient (Wildman–Crippen LogP) is 2.09. The van der Waals surface area contributed by atoms with E-state index in [9.17, 15) is 18.0 Å². The number of hydrogen-bond donors (Lipinski definition) is 2. The Balaban J connectivity index is 2.14. The van der Waals surface area contributed by atoms with Gasteiger partial charge in [-0.2, -0.15) is 0 Å². The molecule has 0 unspecified atom stereocenters. The van der Waals surface area contributed by atoms with Gasteiger partial charge in [-0.25, -0.2) is 17.5 Å². The highest BCUT2D eigenvalue weighted by Gasteiger charge is 2.20. The number of nitrogens with one attached hydrogen (secondary N) is 2. The number of carbonyl (C=O) groups is 2. The molecule has 0 spiro atoms. The van der Waals surface area contributed by atoms with E-state index in [-0.39, 0.29) is 17.1 Å². The minimum atomic E-state index is -3.66. The van der Waals surface area contributed by atoms with Crippen molar-refractivity contribution in [2.45, 2.75) is 11.8 Å². The second-order valence-corrected chi connectivity index (χ2v) is 8.72. The van der Waals surface area contributed by atoms with Crippen LogP contribution in [0.4, 0.5) is 11.4 Å². The summed E-state index contributed by atoms with van der Waals surface area (Å²) in [6.45, 7) is 1.72. The molecule has 162 valence electrons. The molecule has 0 radical (unpaired) electrons. The molecule has 0 heterocycles. The maximum Gasteiger partial charge on any atom is 0.337 e. The van der Waals surface area contributed by atoms with Crippen LogP contribution in [0.5, 0.6) is 5.75 Å². The van der Waals surface area contributed by atoms with Gasteiger partial charge in [-0.3, -0.25) is 4.79 Å². The van der Waals surface area contributed by atoms with Crippen LogP contribution >= 0.6 is 0 Å². The second kappa shape index (κ2) is 9.59. The number of ether oxygens (including phenoxy) is 2. The lowest BCUT2D eigenvalue weighted by atomic mass is 10.1. The van der Waals surface area contributed by atoms with E-state index in [1.165, 1.54) is 46.5 Å². The number of methoxy groups -OCH3 is 2. The van der Waals surface area contributed by atoms with Crippen LogP contribution in [0.1, 0.15) is 15.9 Å². The van der Waals surface area contributed by atoms with Crippen molar-refractivity contribution < 1.29 is 27.5 Å². The molecule has 2 aromatic carbocycles. The Labute approximate surface area is 176 Å². The Morgan fingerprint density at radius 2 is 1.73 bits per heavy atom. The first-order valence-electron chi connectivity index (χ1n) is 8.93. The molecule has 0 saturated heterocycles. The van der Waals surface area contributed by atoms with Crippen molar-refractivity contribution in [3.8, 4) is 5.75 Å². The van der Waals surface area contributed by atoms with E-state index in [4.69, 9.17) is 4.74 Å². The molecule has 30 heavy (non-hydrogen) atoms. The summed E-state index contributed by atoms with van der Waals surface area (Å²) in [4.78, 5) is 24.0. The van der Waals surface area contributed by atoms with Crippen molar-refractivity contribution in [2.75, 3.05) is 45.5 Å². The van der Waals surface area contributed by atoms with Gasteiger partial charge in [0.25, 0.3) is 0 Å². The third-order valence-corrected chi connectivity index (χ3v) is 6.12. The smallest absolute Gasteiger partial charge is 0.337 e. The number of anilines is 2. The molecule has 0 aromatic heterocycles. The molecule has 0 fully saturated rings. The first-order valence-corrected chi connectivity index (χ1v) is 10.4.